The fourth-order valence-electron chi connectivity index (χ4n) is 4.11. The molecular weight excluding hydrogens is 326 g/mol. The van der Waals surface area contributed by atoms with Crippen molar-refractivity contribution in [3.63, 3.8) is 0 Å². The monoisotopic (exact) mass is 365 g/mol. The number of aliphatic hydroxyl groups is 2. The summed E-state index contributed by atoms with van der Waals surface area (Å²) >= 11 is 0. The van der Waals surface area contributed by atoms with Crippen molar-refractivity contribution in [2.75, 3.05) is 20.6 Å². The van der Waals surface area contributed by atoms with E-state index < -0.39 is 6.10 Å². The summed E-state index contributed by atoms with van der Waals surface area (Å²) < 4.78 is 6.09. The molecule has 0 unspecified atom stereocenters. The molecule has 0 radical (unpaired) electrons. The highest BCUT2D eigenvalue weighted by Crippen LogP contribution is 2.43. The Balaban J connectivity index is 1.77. The second-order valence-corrected chi connectivity index (χ2v) is 8.31. The number of rotatable bonds is 12. The average molecular weight is 366 g/mol. The molecular formula is C22H39NO3. The maximum atomic E-state index is 10.4. The van der Waals surface area contributed by atoms with Gasteiger partial charge < -0.3 is 19.8 Å². The molecule has 0 bridgehead atoms. The molecule has 4 nitrogen and oxygen atoms in total. The average Bonchev–Trinajstić information content (AvgIpc) is 3.09. The molecule has 1 fully saturated rings. The van der Waals surface area contributed by atoms with E-state index in [1.165, 1.54) is 19.3 Å². The van der Waals surface area contributed by atoms with Gasteiger partial charge in [0, 0.05) is 24.7 Å². The third-order valence-corrected chi connectivity index (χ3v) is 5.66. The van der Waals surface area contributed by atoms with Gasteiger partial charge in [0.15, 0.2) is 0 Å². The molecule has 0 saturated heterocycles. The lowest BCUT2D eigenvalue weighted by Gasteiger charge is -2.15. The lowest BCUT2D eigenvalue weighted by atomic mass is 9.92. The quantitative estimate of drug-likeness (QED) is 0.407. The first kappa shape index (κ1) is 21.5. The molecule has 0 aromatic heterocycles. The summed E-state index contributed by atoms with van der Waals surface area (Å²) in [6.45, 7) is 3.31. The highest BCUT2D eigenvalue weighted by Gasteiger charge is 2.44. The fourth-order valence-corrected chi connectivity index (χ4v) is 4.11. The Morgan fingerprint density at radius 2 is 2.04 bits per heavy atom. The van der Waals surface area contributed by atoms with Crippen LogP contribution in [0.5, 0.6) is 0 Å². The first-order valence-corrected chi connectivity index (χ1v) is 10.6. The van der Waals surface area contributed by atoms with Crippen LogP contribution >= 0.6 is 0 Å². The molecule has 1 heterocycles. The minimum absolute atomic E-state index is 0.0760. The van der Waals surface area contributed by atoms with E-state index >= 15 is 0 Å². The van der Waals surface area contributed by atoms with Crippen molar-refractivity contribution >= 4 is 0 Å². The van der Waals surface area contributed by atoms with Gasteiger partial charge in [-0.3, -0.25) is 0 Å². The Hall–Kier alpha value is -0.840. The van der Waals surface area contributed by atoms with Crippen LogP contribution in [0, 0.1) is 11.8 Å². The Labute approximate surface area is 159 Å². The Kier molecular flexibility index (Phi) is 9.17. The second-order valence-electron chi connectivity index (χ2n) is 8.31. The lowest BCUT2D eigenvalue weighted by molar-refractivity contribution is 0.101. The zero-order valence-corrected chi connectivity index (χ0v) is 16.9. The van der Waals surface area contributed by atoms with Crippen molar-refractivity contribution in [1.29, 1.82) is 0 Å². The van der Waals surface area contributed by atoms with Gasteiger partial charge in [-0.05, 0) is 46.0 Å². The summed E-state index contributed by atoms with van der Waals surface area (Å²) in [7, 11) is 4.23. The third-order valence-electron chi connectivity index (χ3n) is 5.66. The predicted octanol–water partition coefficient (Wildman–Crippen LogP) is 3.89. The largest absolute Gasteiger partial charge is 0.494 e. The van der Waals surface area contributed by atoms with Gasteiger partial charge in [-0.2, -0.15) is 0 Å². The zero-order chi connectivity index (χ0) is 18.9. The van der Waals surface area contributed by atoms with E-state index in [-0.39, 0.29) is 24.0 Å². The molecule has 4 heteroatoms. The SMILES string of the molecule is CCCCC[C@H](O)C=C[C@@H]1[C@H]2C=C(CCCCCN(C)C)O[C@H]2C[C@H]1O. The van der Waals surface area contributed by atoms with Crippen LogP contribution in [-0.4, -0.2) is 54.1 Å². The number of hydrogen-bond donors (Lipinski definition) is 2. The van der Waals surface area contributed by atoms with Gasteiger partial charge in [0.1, 0.15) is 6.10 Å². The topological polar surface area (TPSA) is 52.9 Å². The van der Waals surface area contributed by atoms with Crippen LogP contribution in [0.4, 0.5) is 0 Å². The van der Waals surface area contributed by atoms with E-state index in [0.717, 1.165) is 44.4 Å². The number of allylic oxidation sites excluding steroid dienone is 1. The minimum Gasteiger partial charge on any atom is -0.494 e. The van der Waals surface area contributed by atoms with Crippen molar-refractivity contribution in [3.8, 4) is 0 Å². The van der Waals surface area contributed by atoms with Gasteiger partial charge in [-0.25, -0.2) is 0 Å². The summed E-state index contributed by atoms with van der Waals surface area (Å²) in [6.07, 6.45) is 15.1. The number of aliphatic hydroxyl groups excluding tert-OH is 2. The number of nitrogens with zero attached hydrogens (tertiary/aromatic N) is 1. The molecule has 1 saturated carbocycles. The molecule has 0 amide bonds. The molecule has 1 aliphatic carbocycles. The third kappa shape index (κ3) is 6.71. The minimum atomic E-state index is -0.393. The van der Waals surface area contributed by atoms with Crippen molar-refractivity contribution in [2.24, 2.45) is 11.8 Å². The van der Waals surface area contributed by atoms with Crippen LogP contribution in [0.25, 0.3) is 0 Å². The van der Waals surface area contributed by atoms with E-state index in [0.29, 0.717) is 6.42 Å². The first-order valence-electron chi connectivity index (χ1n) is 10.6. The lowest BCUT2D eigenvalue weighted by Crippen LogP contribution is -2.17. The molecule has 26 heavy (non-hydrogen) atoms. The van der Waals surface area contributed by atoms with Crippen LogP contribution in [-0.2, 0) is 4.74 Å². The number of hydrogen-bond acceptors (Lipinski definition) is 4. The highest BCUT2D eigenvalue weighted by atomic mass is 16.5. The van der Waals surface area contributed by atoms with Crippen molar-refractivity contribution in [2.45, 2.75) is 83.0 Å². The van der Waals surface area contributed by atoms with Crippen LogP contribution in [0.1, 0.15) is 64.7 Å². The van der Waals surface area contributed by atoms with E-state index in [9.17, 15) is 10.2 Å². The Morgan fingerprint density at radius 3 is 2.77 bits per heavy atom. The molecule has 5 atom stereocenters. The van der Waals surface area contributed by atoms with Gasteiger partial charge in [0.25, 0.3) is 0 Å². The van der Waals surface area contributed by atoms with Crippen molar-refractivity contribution < 1.29 is 14.9 Å². The number of ether oxygens (including phenoxy) is 1. The van der Waals surface area contributed by atoms with Crippen LogP contribution in [0.15, 0.2) is 24.0 Å². The molecule has 2 N–H and O–H groups in total. The highest BCUT2D eigenvalue weighted by molar-refractivity contribution is 5.17. The molecule has 2 rings (SSSR count). The van der Waals surface area contributed by atoms with Crippen LogP contribution in [0.2, 0.25) is 0 Å². The maximum Gasteiger partial charge on any atom is 0.108 e. The summed E-state index contributed by atoms with van der Waals surface area (Å²) in [6, 6.07) is 0. The zero-order valence-electron chi connectivity index (χ0n) is 16.9. The van der Waals surface area contributed by atoms with Gasteiger partial charge in [0.05, 0.1) is 18.0 Å². The fraction of sp³-hybridized carbons (Fsp3) is 0.818. The van der Waals surface area contributed by atoms with Gasteiger partial charge >= 0.3 is 0 Å². The Bertz CT molecular complexity index is 460. The molecule has 0 aromatic carbocycles. The van der Waals surface area contributed by atoms with E-state index in [1.807, 2.05) is 12.2 Å². The molecule has 0 aromatic rings. The number of unbranched alkanes of at least 4 members (excludes halogenated alkanes) is 4. The predicted molar refractivity (Wildman–Crippen MR) is 107 cm³/mol. The molecule has 150 valence electrons. The van der Waals surface area contributed by atoms with Gasteiger partial charge in [0.2, 0.25) is 0 Å². The maximum absolute atomic E-state index is 10.4. The second kappa shape index (κ2) is 11.1. The van der Waals surface area contributed by atoms with Crippen molar-refractivity contribution in [3.05, 3.63) is 24.0 Å². The summed E-state index contributed by atoms with van der Waals surface area (Å²) in [5.41, 5.74) is 0. The first-order chi connectivity index (χ1) is 12.5. The van der Waals surface area contributed by atoms with Gasteiger partial charge in [-0.15, -0.1) is 0 Å². The van der Waals surface area contributed by atoms with Crippen LogP contribution in [0.3, 0.4) is 0 Å². The summed E-state index contributed by atoms with van der Waals surface area (Å²) in [4.78, 5) is 2.23. The Morgan fingerprint density at radius 1 is 1.23 bits per heavy atom. The molecule has 0 spiro atoms. The van der Waals surface area contributed by atoms with Crippen molar-refractivity contribution in [1.82, 2.24) is 4.90 Å². The molecule has 2 aliphatic rings. The standard InChI is InChI=1S/C22H39NO3/c1-4-5-7-10-17(24)12-13-19-20-15-18(26-22(20)16-21(19)25)11-8-6-9-14-23(2)3/h12-13,15,17,19-22,24-25H,4-11,14,16H2,1-3H3/t17-,19+,20+,21+,22-/m0/s1. The van der Waals surface area contributed by atoms with E-state index in [1.54, 1.807) is 0 Å². The summed E-state index contributed by atoms with van der Waals surface area (Å²) in [5.74, 6) is 1.45. The van der Waals surface area contributed by atoms with Gasteiger partial charge in [-0.1, -0.05) is 44.8 Å². The van der Waals surface area contributed by atoms with Crippen LogP contribution < -0.4 is 0 Å². The molecule has 1 aliphatic heterocycles. The number of fused-ring (bicyclic) bond motifs is 1. The van der Waals surface area contributed by atoms with E-state index in [4.69, 9.17) is 4.74 Å². The van der Waals surface area contributed by atoms with E-state index in [2.05, 4.69) is 32.0 Å². The summed E-state index contributed by atoms with van der Waals surface area (Å²) in [5, 5.41) is 20.5. The normalized spacial score (nSPS) is 29.2. The smallest absolute Gasteiger partial charge is 0.108 e.